The molecule has 0 spiro atoms. The van der Waals surface area contributed by atoms with Crippen LogP contribution in [-0.2, 0) is 17.8 Å². The van der Waals surface area contributed by atoms with Crippen molar-refractivity contribution in [2.75, 3.05) is 17.2 Å². The van der Waals surface area contributed by atoms with E-state index in [1.807, 2.05) is 13.8 Å². The summed E-state index contributed by atoms with van der Waals surface area (Å²) in [4.78, 5) is 45.7. The number of amides is 1. The molecular weight excluding hydrogens is 460 g/mol. The van der Waals surface area contributed by atoms with Crippen molar-refractivity contribution >= 4 is 17.4 Å². The first-order valence-electron chi connectivity index (χ1n) is 11.6. The Kier molecular flexibility index (Phi) is 8.56. The number of rotatable bonds is 11. The summed E-state index contributed by atoms with van der Waals surface area (Å²) in [6.07, 6.45) is 4.20. The first-order chi connectivity index (χ1) is 16.8. The summed E-state index contributed by atoms with van der Waals surface area (Å²) in [6, 6.07) is 3.10. The zero-order valence-electron chi connectivity index (χ0n) is 19.8. The highest BCUT2D eigenvalue weighted by molar-refractivity contribution is 5.95. The van der Waals surface area contributed by atoms with Gasteiger partial charge in [-0.25, -0.2) is 18.6 Å². The normalized spacial score (nSPS) is 11.1. The van der Waals surface area contributed by atoms with Crippen molar-refractivity contribution in [3.63, 3.8) is 0 Å². The predicted octanol–water partition coefficient (Wildman–Crippen LogP) is 3.62. The number of aromatic nitrogens is 3. The summed E-state index contributed by atoms with van der Waals surface area (Å²) in [7, 11) is 0. The van der Waals surface area contributed by atoms with Gasteiger partial charge in [0.25, 0.3) is 5.56 Å². The third-order valence-electron chi connectivity index (χ3n) is 5.56. The lowest BCUT2D eigenvalue weighted by Gasteiger charge is -2.24. The lowest BCUT2D eigenvalue weighted by Crippen LogP contribution is -2.41. The van der Waals surface area contributed by atoms with E-state index in [1.54, 1.807) is 0 Å². The maximum Gasteiger partial charge on any atom is 0.330 e. The van der Waals surface area contributed by atoms with Crippen LogP contribution in [0.2, 0.25) is 0 Å². The van der Waals surface area contributed by atoms with E-state index in [9.17, 15) is 23.2 Å². The molecule has 0 aliphatic heterocycles. The molecule has 0 aliphatic carbocycles. The van der Waals surface area contributed by atoms with E-state index in [1.165, 1.54) is 21.7 Å². The van der Waals surface area contributed by atoms with E-state index in [0.717, 1.165) is 25.0 Å². The number of aromatic amines is 1. The van der Waals surface area contributed by atoms with E-state index in [0.29, 0.717) is 19.4 Å². The lowest BCUT2D eigenvalue weighted by molar-refractivity contribution is -0.118. The van der Waals surface area contributed by atoms with Gasteiger partial charge in [0.15, 0.2) is 17.3 Å². The zero-order chi connectivity index (χ0) is 25.5. The first-order valence-corrected chi connectivity index (χ1v) is 11.6. The summed E-state index contributed by atoms with van der Waals surface area (Å²) in [6.45, 7) is 4.47. The molecule has 0 saturated carbocycles. The van der Waals surface area contributed by atoms with E-state index < -0.39 is 28.8 Å². The van der Waals surface area contributed by atoms with Crippen LogP contribution in [-0.4, -0.2) is 27.0 Å². The van der Waals surface area contributed by atoms with Gasteiger partial charge >= 0.3 is 5.69 Å². The van der Waals surface area contributed by atoms with Crippen molar-refractivity contribution in [2.24, 2.45) is 0 Å². The quantitative estimate of drug-likeness (QED) is 0.424. The molecule has 0 atom stereocenters. The minimum atomic E-state index is -0.789. The summed E-state index contributed by atoms with van der Waals surface area (Å²) >= 11 is 0. The standard InChI is InChI=1S/C24H29F2N5O4/c1-3-5-11-30(21-22(27)31(12-6-4-2)24(34)29-23(21)33)20(32)10-9-19-28-14-18(35-19)16-8-7-15(25)13-17(16)26/h7-8,13-14H,3-6,9-12,27H2,1-2H3,(H,29,33,34). The number of anilines is 2. The molecular formula is C24H29F2N5O4. The number of oxazole rings is 1. The van der Waals surface area contributed by atoms with Crippen LogP contribution in [0.15, 0.2) is 38.4 Å². The molecule has 9 nitrogen and oxygen atoms in total. The summed E-state index contributed by atoms with van der Waals surface area (Å²) in [5.74, 6) is -1.66. The molecule has 3 aromatic rings. The molecule has 1 aromatic carbocycles. The van der Waals surface area contributed by atoms with Gasteiger partial charge in [-0.15, -0.1) is 0 Å². The fourth-order valence-electron chi connectivity index (χ4n) is 3.64. The average Bonchev–Trinajstić information content (AvgIpc) is 3.28. The second kappa shape index (κ2) is 11.6. The van der Waals surface area contributed by atoms with Crippen LogP contribution < -0.4 is 21.9 Å². The van der Waals surface area contributed by atoms with Crippen molar-refractivity contribution in [3.05, 3.63) is 62.8 Å². The highest BCUT2D eigenvalue weighted by Gasteiger charge is 2.24. The lowest BCUT2D eigenvalue weighted by atomic mass is 10.2. The number of carbonyl (C=O) groups is 1. The minimum absolute atomic E-state index is 0.0506. The van der Waals surface area contributed by atoms with E-state index >= 15 is 0 Å². The fraction of sp³-hybridized carbons (Fsp3) is 0.417. The Hall–Kier alpha value is -3.76. The van der Waals surface area contributed by atoms with Crippen LogP contribution in [0, 0.1) is 11.6 Å². The number of nitrogen functional groups attached to an aromatic ring is 1. The fourth-order valence-corrected chi connectivity index (χ4v) is 3.64. The van der Waals surface area contributed by atoms with E-state index in [2.05, 4.69) is 9.97 Å². The Morgan fingerprint density at radius 2 is 1.94 bits per heavy atom. The number of aryl methyl sites for hydroxylation is 1. The van der Waals surface area contributed by atoms with Crippen molar-refractivity contribution in [3.8, 4) is 11.3 Å². The van der Waals surface area contributed by atoms with Crippen LogP contribution in [0.3, 0.4) is 0 Å². The number of hydrogen-bond donors (Lipinski definition) is 2. The van der Waals surface area contributed by atoms with Gasteiger partial charge in [-0.05, 0) is 25.0 Å². The zero-order valence-corrected chi connectivity index (χ0v) is 19.8. The molecule has 188 valence electrons. The number of halogens is 2. The molecule has 2 aromatic heterocycles. The van der Waals surface area contributed by atoms with Gasteiger partial charge in [-0.3, -0.25) is 19.1 Å². The Bertz CT molecular complexity index is 1300. The van der Waals surface area contributed by atoms with Gasteiger partial charge in [0.05, 0.1) is 11.8 Å². The van der Waals surface area contributed by atoms with Crippen molar-refractivity contribution in [1.82, 2.24) is 14.5 Å². The molecule has 0 bridgehead atoms. The molecule has 0 unspecified atom stereocenters. The van der Waals surface area contributed by atoms with E-state index in [4.69, 9.17) is 10.2 Å². The monoisotopic (exact) mass is 489 g/mol. The molecule has 3 rings (SSSR count). The van der Waals surface area contributed by atoms with Crippen molar-refractivity contribution < 1.29 is 18.0 Å². The predicted molar refractivity (Wildman–Crippen MR) is 128 cm³/mol. The second-order valence-electron chi connectivity index (χ2n) is 8.14. The van der Waals surface area contributed by atoms with Crippen LogP contribution in [0.5, 0.6) is 0 Å². The topological polar surface area (TPSA) is 127 Å². The molecule has 0 aliphatic rings. The molecule has 11 heteroatoms. The smallest absolute Gasteiger partial charge is 0.330 e. The number of benzene rings is 1. The number of hydrogen-bond acceptors (Lipinski definition) is 6. The van der Waals surface area contributed by atoms with Crippen LogP contribution in [0.25, 0.3) is 11.3 Å². The second-order valence-corrected chi connectivity index (χ2v) is 8.14. The maximum atomic E-state index is 14.0. The minimum Gasteiger partial charge on any atom is -0.441 e. The first kappa shape index (κ1) is 25.9. The van der Waals surface area contributed by atoms with Gasteiger partial charge in [0.1, 0.15) is 17.5 Å². The van der Waals surface area contributed by atoms with Crippen molar-refractivity contribution in [1.29, 1.82) is 0 Å². The van der Waals surface area contributed by atoms with Gasteiger partial charge in [-0.1, -0.05) is 26.7 Å². The summed E-state index contributed by atoms with van der Waals surface area (Å²) in [5, 5.41) is 0. The van der Waals surface area contributed by atoms with Gasteiger partial charge in [0.2, 0.25) is 5.91 Å². The number of nitrogens with one attached hydrogen (secondary N) is 1. The Balaban J connectivity index is 1.83. The van der Waals surface area contributed by atoms with Crippen LogP contribution >= 0.6 is 0 Å². The molecule has 0 radical (unpaired) electrons. The Morgan fingerprint density at radius 3 is 2.63 bits per heavy atom. The summed E-state index contributed by atoms with van der Waals surface area (Å²) < 4.78 is 34.0. The van der Waals surface area contributed by atoms with E-state index in [-0.39, 0.29) is 48.1 Å². The van der Waals surface area contributed by atoms with Gasteiger partial charge in [-0.2, -0.15) is 0 Å². The van der Waals surface area contributed by atoms with Crippen LogP contribution in [0.4, 0.5) is 20.3 Å². The molecule has 3 N–H and O–H groups in total. The van der Waals surface area contributed by atoms with Crippen LogP contribution in [0.1, 0.15) is 51.8 Å². The SMILES string of the molecule is CCCCN(C(=O)CCc1ncc(-c2ccc(F)cc2F)o1)c1c(N)n(CCCC)c(=O)[nH]c1=O. The maximum absolute atomic E-state index is 14.0. The number of nitrogens with zero attached hydrogens (tertiary/aromatic N) is 3. The largest absolute Gasteiger partial charge is 0.441 e. The third-order valence-corrected chi connectivity index (χ3v) is 5.56. The average molecular weight is 490 g/mol. The van der Waals surface area contributed by atoms with Gasteiger partial charge < -0.3 is 15.1 Å². The number of unbranched alkanes of at least 4 members (excludes halogenated alkanes) is 2. The molecule has 1 amide bonds. The highest BCUT2D eigenvalue weighted by atomic mass is 19.1. The molecule has 35 heavy (non-hydrogen) atoms. The Morgan fingerprint density at radius 1 is 1.20 bits per heavy atom. The summed E-state index contributed by atoms with van der Waals surface area (Å²) in [5.41, 5.74) is 4.84. The molecule has 0 fully saturated rings. The number of H-pyrrole nitrogens is 1. The third kappa shape index (κ3) is 6.03. The Labute approximate surface area is 200 Å². The highest BCUT2D eigenvalue weighted by Crippen LogP contribution is 2.25. The molecule has 0 saturated heterocycles. The molecule has 2 heterocycles. The van der Waals surface area contributed by atoms with Gasteiger partial charge in [0, 0.05) is 32.0 Å². The number of carbonyl (C=O) groups excluding carboxylic acids is 1. The number of nitrogens with two attached hydrogens (primary N) is 1. The van der Waals surface area contributed by atoms with Crippen molar-refractivity contribution in [2.45, 2.75) is 58.9 Å².